The van der Waals surface area contributed by atoms with E-state index >= 15 is 0 Å². The fourth-order valence-corrected chi connectivity index (χ4v) is 1.33. The van der Waals surface area contributed by atoms with Gasteiger partial charge in [0.05, 0.1) is 0 Å². The van der Waals surface area contributed by atoms with E-state index in [1.807, 2.05) is 44.2 Å². The Bertz CT molecular complexity index is 355. The molecule has 3 nitrogen and oxygen atoms in total. The first-order valence-corrected chi connectivity index (χ1v) is 5.40. The Labute approximate surface area is 96.3 Å². The molecule has 1 aromatic carbocycles. The fraction of sp³-hybridized carbons (Fsp3) is 0.308. The molecule has 0 spiro atoms. The number of benzene rings is 1. The van der Waals surface area contributed by atoms with E-state index in [2.05, 4.69) is 6.58 Å². The first-order valence-electron chi connectivity index (χ1n) is 5.40. The third-order valence-electron chi connectivity index (χ3n) is 2.33. The molecule has 0 saturated heterocycles. The summed E-state index contributed by atoms with van der Waals surface area (Å²) >= 11 is 0. The molecule has 3 heteroatoms. The van der Waals surface area contributed by atoms with Crippen LogP contribution in [0.2, 0.25) is 0 Å². The van der Waals surface area contributed by atoms with E-state index in [9.17, 15) is 4.79 Å². The van der Waals surface area contributed by atoms with Gasteiger partial charge in [0.2, 0.25) is 0 Å². The van der Waals surface area contributed by atoms with Gasteiger partial charge >= 0.3 is 6.09 Å². The van der Waals surface area contributed by atoms with Crippen LogP contribution in [0.3, 0.4) is 0 Å². The van der Waals surface area contributed by atoms with Crippen molar-refractivity contribution in [3.05, 3.63) is 42.5 Å². The van der Waals surface area contributed by atoms with E-state index in [0.717, 1.165) is 5.56 Å². The summed E-state index contributed by atoms with van der Waals surface area (Å²) in [5, 5.41) is 0. The first-order chi connectivity index (χ1) is 7.69. The number of amides is 1. The molecule has 0 N–H and O–H groups in total. The molecule has 86 valence electrons. The van der Waals surface area contributed by atoms with Gasteiger partial charge in [-0.2, -0.15) is 0 Å². The third-order valence-corrected chi connectivity index (χ3v) is 2.33. The van der Waals surface area contributed by atoms with Crippen molar-refractivity contribution in [3.8, 4) is 0 Å². The van der Waals surface area contributed by atoms with Crippen molar-refractivity contribution in [1.29, 1.82) is 0 Å². The van der Waals surface area contributed by atoms with E-state index in [4.69, 9.17) is 4.74 Å². The van der Waals surface area contributed by atoms with Gasteiger partial charge < -0.3 is 9.64 Å². The van der Waals surface area contributed by atoms with E-state index in [0.29, 0.717) is 18.8 Å². The van der Waals surface area contributed by atoms with Crippen molar-refractivity contribution in [2.75, 3.05) is 13.1 Å². The molecule has 0 fully saturated rings. The predicted molar refractivity (Wildman–Crippen MR) is 64.9 cm³/mol. The average Bonchev–Trinajstić information content (AvgIpc) is 2.31. The summed E-state index contributed by atoms with van der Waals surface area (Å²) < 4.78 is 5.17. The smallest absolute Gasteiger partial charge is 0.410 e. The maximum atomic E-state index is 11.6. The van der Waals surface area contributed by atoms with E-state index in [1.54, 1.807) is 4.90 Å². The van der Waals surface area contributed by atoms with Crippen molar-refractivity contribution in [3.63, 3.8) is 0 Å². The fourth-order valence-electron chi connectivity index (χ4n) is 1.33. The highest BCUT2D eigenvalue weighted by Gasteiger charge is 2.12. The van der Waals surface area contributed by atoms with Crippen molar-refractivity contribution < 1.29 is 9.53 Å². The number of carbonyl (C=O) groups is 1. The van der Waals surface area contributed by atoms with Gasteiger partial charge in [0.25, 0.3) is 0 Å². The van der Waals surface area contributed by atoms with Crippen molar-refractivity contribution in [1.82, 2.24) is 4.90 Å². The van der Waals surface area contributed by atoms with Crippen LogP contribution in [0, 0.1) is 0 Å². The van der Waals surface area contributed by atoms with E-state index < -0.39 is 0 Å². The van der Waals surface area contributed by atoms with Crippen LogP contribution in [0.25, 0.3) is 5.76 Å². The van der Waals surface area contributed by atoms with Gasteiger partial charge in [-0.3, -0.25) is 0 Å². The van der Waals surface area contributed by atoms with E-state index in [-0.39, 0.29) is 6.09 Å². The molecule has 0 saturated carbocycles. The number of carbonyl (C=O) groups excluding carboxylic acids is 1. The molecule has 0 aliphatic heterocycles. The molecular formula is C13H17NO2. The zero-order valence-corrected chi connectivity index (χ0v) is 9.77. The molecule has 0 aliphatic carbocycles. The lowest BCUT2D eigenvalue weighted by atomic mass is 10.2. The molecule has 0 bridgehead atoms. The molecule has 1 amide bonds. The van der Waals surface area contributed by atoms with Crippen LogP contribution in [-0.2, 0) is 4.74 Å². The molecule has 0 atom stereocenters. The Morgan fingerprint density at radius 3 is 2.31 bits per heavy atom. The lowest BCUT2D eigenvalue weighted by Crippen LogP contribution is -2.30. The predicted octanol–water partition coefficient (Wildman–Crippen LogP) is 3.14. The van der Waals surface area contributed by atoms with Crippen LogP contribution in [0.4, 0.5) is 4.79 Å². The Hall–Kier alpha value is -1.77. The summed E-state index contributed by atoms with van der Waals surface area (Å²) in [6, 6.07) is 9.39. The Balaban J connectivity index is 2.62. The summed E-state index contributed by atoms with van der Waals surface area (Å²) in [6.07, 6.45) is -0.348. The summed E-state index contributed by atoms with van der Waals surface area (Å²) in [5.41, 5.74) is 0.822. The lowest BCUT2D eigenvalue weighted by molar-refractivity contribution is 0.148. The molecule has 1 rings (SSSR count). The number of nitrogens with zero attached hydrogens (tertiary/aromatic N) is 1. The van der Waals surface area contributed by atoms with Gasteiger partial charge in [0.1, 0.15) is 5.76 Å². The minimum atomic E-state index is -0.348. The maximum Gasteiger partial charge on any atom is 0.415 e. The van der Waals surface area contributed by atoms with Gasteiger partial charge in [0.15, 0.2) is 0 Å². The number of hydrogen-bond acceptors (Lipinski definition) is 2. The number of ether oxygens (including phenoxy) is 1. The lowest BCUT2D eigenvalue weighted by Gasteiger charge is -2.18. The topological polar surface area (TPSA) is 29.5 Å². The van der Waals surface area contributed by atoms with Gasteiger partial charge in [-0.25, -0.2) is 4.79 Å². The minimum absolute atomic E-state index is 0.348. The molecule has 0 radical (unpaired) electrons. The second-order valence-corrected chi connectivity index (χ2v) is 3.33. The number of rotatable bonds is 4. The second kappa shape index (κ2) is 5.95. The Kier molecular flexibility index (Phi) is 4.58. The zero-order valence-electron chi connectivity index (χ0n) is 9.77. The monoisotopic (exact) mass is 219 g/mol. The van der Waals surface area contributed by atoms with Crippen LogP contribution in [-0.4, -0.2) is 24.1 Å². The molecule has 0 aromatic heterocycles. The standard InChI is InChI=1S/C13H17NO2/c1-4-14(5-2)13(15)16-11(3)12-9-7-6-8-10-12/h6-10H,3-5H2,1-2H3. The summed E-state index contributed by atoms with van der Waals surface area (Å²) in [7, 11) is 0. The van der Waals surface area contributed by atoms with Gasteiger partial charge in [-0.1, -0.05) is 36.9 Å². The molecule has 16 heavy (non-hydrogen) atoms. The van der Waals surface area contributed by atoms with Crippen LogP contribution >= 0.6 is 0 Å². The van der Waals surface area contributed by atoms with Gasteiger partial charge in [-0.15, -0.1) is 0 Å². The third kappa shape index (κ3) is 3.12. The molecule has 0 aliphatic rings. The van der Waals surface area contributed by atoms with Crippen LogP contribution in [0.1, 0.15) is 19.4 Å². The van der Waals surface area contributed by atoms with Crippen molar-refractivity contribution >= 4 is 11.9 Å². The SMILES string of the molecule is C=C(OC(=O)N(CC)CC)c1ccccc1. The highest BCUT2D eigenvalue weighted by molar-refractivity contribution is 5.76. The molecule has 1 aromatic rings. The highest BCUT2D eigenvalue weighted by atomic mass is 16.6. The molecule has 0 unspecified atom stereocenters. The van der Waals surface area contributed by atoms with Crippen molar-refractivity contribution in [2.24, 2.45) is 0 Å². The minimum Gasteiger partial charge on any atom is -0.410 e. The highest BCUT2D eigenvalue weighted by Crippen LogP contribution is 2.14. The quantitative estimate of drug-likeness (QED) is 0.728. The largest absolute Gasteiger partial charge is 0.415 e. The summed E-state index contributed by atoms with van der Waals surface area (Å²) in [5.74, 6) is 0.387. The Morgan fingerprint density at radius 1 is 1.25 bits per heavy atom. The van der Waals surface area contributed by atoms with E-state index in [1.165, 1.54) is 0 Å². The zero-order chi connectivity index (χ0) is 12.0. The first kappa shape index (κ1) is 12.3. The maximum absolute atomic E-state index is 11.6. The van der Waals surface area contributed by atoms with Crippen LogP contribution in [0.5, 0.6) is 0 Å². The summed E-state index contributed by atoms with van der Waals surface area (Å²) in [4.78, 5) is 13.2. The van der Waals surface area contributed by atoms with Gasteiger partial charge in [-0.05, 0) is 13.8 Å². The Morgan fingerprint density at radius 2 is 1.81 bits per heavy atom. The average molecular weight is 219 g/mol. The normalized spacial score (nSPS) is 9.62. The molecular weight excluding hydrogens is 202 g/mol. The summed E-state index contributed by atoms with van der Waals surface area (Å²) in [6.45, 7) is 8.84. The van der Waals surface area contributed by atoms with Crippen LogP contribution in [0.15, 0.2) is 36.9 Å². The second-order valence-electron chi connectivity index (χ2n) is 3.33. The molecule has 0 heterocycles. The van der Waals surface area contributed by atoms with Crippen LogP contribution < -0.4 is 0 Å². The van der Waals surface area contributed by atoms with Gasteiger partial charge in [0, 0.05) is 18.7 Å². The van der Waals surface area contributed by atoms with Crippen molar-refractivity contribution in [2.45, 2.75) is 13.8 Å². The number of hydrogen-bond donors (Lipinski definition) is 0.